The van der Waals surface area contributed by atoms with Crippen LogP contribution in [0.3, 0.4) is 0 Å². The van der Waals surface area contributed by atoms with Gasteiger partial charge in [0.2, 0.25) is 0 Å². The Hall–Kier alpha value is -3.11. The molecule has 0 fully saturated rings. The lowest BCUT2D eigenvalue weighted by molar-refractivity contribution is -0.132. The number of carbonyl (C=O) groups excluding carboxylic acids is 3. The molecule has 120 valence electrons. The Labute approximate surface area is 142 Å². The number of nitriles is 1. The van der Waals surface area contributed by atoms with Gasteiger partial charge in [0.25, 0.3) is 0 Å². The second-order valence-electron chi connectivity index (χ2n) is 4.76. The van der Waals surface area contributed by atoms with Crippen LogP contribution >= 0.6 is 11.8 Å². The van der Waals surface area contributed by atoms with Crippen LogP contribution in [-0.4, -0.2) is 17.6 Å². The van der Waals surface area contributed by atoms with E-state index in [2.05, 4.69) is 10.6 Å². The molecule has 0 aromatic heterocycles. The van der Waals surface area contributed by atoms with Crippen molar-refractivity contribution >= 4 is 40.7 Å². The normalized spacial score (nSPS) is 9.67. The minimum atomic E-state index is -0.842. The second-order valence-corrected chi connectivity index (χ2v) is 5.62. The molecule has 2 amide bonds. The van der Waals surface area contributed by atoms with Gasteiger partial charge in [-0.05, 0) is 55.1 Å². The SMILES string of the molecule is CC(=O)c1cccc(NC(=O)C(=O)Nc2ccc(SC#N)cc2)c1. The quantitative estimate of drug-likeness (QED) is 0.386. The predicted molar refractivity (Wildman–Crippen MR) is 91.6 cm³/mol. The van der Waals surface area contributed by atoms with Crippen molar-refractivity contribution in [1.82, 2.24) is 0 Å². The summed E-state index contributed by atoms with van der Waals surface area (Å²) < 4.78 is 0. The maximum atomic E-state index is 11.9. The molecular weight excluding hydrogens is 326 g/mol. The number of anilines is 2. The lowest BCUT2D eigenvalue weighted by atomic mass is 10.1. The monoisotopic (exact) mass is 339 g/mol. The Bertz CT molecular complexity index is 826. The lowest BCUT2D eigenvalue weighted by Gasteiger charge is -2.07. The molecule has 0 spiro atoms. The van der Waals surface area contributed by atoms with Crippen molar-refractivity contribution in [3.63, 3.8) is 0 Å². The third kappa shape index (κ3) is 4.69. The van der Waals surface area contributed by atoms with Gasteiger partial charge >= 0.3 is 11.8 Å². The Kier molecular flexibility index (Phi) is 5.71. The molecule has 2 rings (SSSR count). The Balaban J connectivity index is 1.99. The van der Waals surface area contributed by atoms with Crippen molar-refractivity contribution in [3.8, 4) is 5.40 Å². The van der Waals surface area contributed by atoms with Crippen molar-refractivity contribution in [2.75, 3.05) is 10.6 Å². The van der Waals surface area contributed by atoms with Gasteiger partial charge in [-0.15, -0.1) is 0 Å². The number of nitrogens with zero attached hydrogens (tertiary/aromatic N) is 1. The number of hydrogen-bond acceptors (Lipinski definition) is 5. The van der Waals surface area contributed by atoms with E-state index in [4.69, 9.17) is 5.26 Å². The van der Waals surface area contributed by atoms with Gasteiger partial charge in [-0.25, -0.2) is 0 Å². The van der Waals surface area contributed by atoms with E-state index in [-0.39, 0.29) is 5.78 Å². The summed E-state index contributed by atoms with van der Waals surface area (Å²) in [5.74, 6) is -1.80. The third-order valence-corrected chi connectivity index (χ3v) is 3.61. The molecule has 2 aromatic carbocycles. The predicted octanol–water partition coefficient (Wildman–Crippen LogP) is 3.04. The molecule has 0 heterocycles. The zero-order chi connectivity index (χ0) is 17.5. The molecule has 6 nitrogen and oxygen atoms in total. The van der Waals surface area contributed by atoms with E-state index in [0.29, 0.717) is 16.9 Å². The highest BCUT2D eigenvalue weighted by Gasteiger charge is 2.14. The first kappa shape index (κ1) is 17.2. The molecule has 0 aliphatic carbocycles. The summed E-state index contributed by atoms with van der Waals surface area (Å²) in [6, 6.07) is 12.9. The first-order valence-corrected chi connectivity index (χ1v) is 7.70. The average Bonchev–Trinajstić information content (AvgIpc) is 2.57. The minimum absolute atomic E-state index is 0.133. The summed E-state index contributed by atoms with van der Waals surface area (Å²) in [5.41, 5.74) is 1.25. The molecule has 0 aliphatic heterocycles. The van der Waals surface area contributed by atoms with Gasteiger partial charge < -0.3 is 10.6 Å². The van der Waals surface area contributed by atoms with Gasteiger partial charge in [0.05, 0.1) is 0 Å². The topological polar surface area (TPSA) is 99.1 Å². The summed E-state index contributed by atoms with van der Waals surface area (Å²) in [6.45, 7) is 1.42. The standard InChI is InChI=1S/C17H13N3O3S/c1-11(21)12-3-2-4-14(9-12)20-17(23)16(22)19-13-5-7-15(8-6-13)24-10-18/h2-9H,1H3,(H,19,22)(H,20,23). The Morgan fingerprint density at radius 1 is 0.958 bits per heavy atom. The number of thiocyanates is 1. The highest BCUT2D eigenvalue weighted by Crippen LogP contribution is 2.19. The fourth-order valence-electron chi connectivity index (χ4n) is 1.85. The average molecular weight is 339 g/mol. The van der Waals surface area contributed by atoms with Crippen molar-refractivity contribution < 1.29 is 14.4 Å². The van der Waals surface area contributed by atoms with Crippen LogP contribution in [0, 0.1) is 10.7 Å². The van der Waals surface area contributed by atoms with E-state index in [0.717, 1.165) is 16.7 Å². The van der Waals surface area contributed by atoms with Crippen molar-refractivity contribution in [3.05, 3.63) is 54.1 Å². The zero-order valence-corrected chi connectivity index (χ0v) is 13.5. The number of hydrogen-bond donors (Lipinski definition) is 2. The van der Waals surface area contributed by atoms with Crippen LogP contribution < -0.4 is 10.6 Å². The lowest BCUT2D eigenvalue weighted by Crippen LogP contribution is -2.29. The van der Waals surface area contributed by atoms with Gasteiger partial charge in [0.1, 0.15) is 5.40 Å². The zero-order valence-electron chi connectivity index (χ0n) is 12.7. The molecule has 24 heavy (non-hydrogen) atoms. The van der Waals surface area contributed by atoms with E-state index in [9.17, 15) is 14.4 Å². The van der Waals surface area contributed by atoms with Gasteiger partial charge in [0.15, 0.2) is 5.78 Å². The molecular formula is C17H13N3O3S. The number of thioether (sulfide) groups is 1. The molecule has 0 unspecified atom stereocenters. The third-order valence-electron chi connectivity index (χ3n) is 3.01. The van der Waals surface area contributed by atoms with Crippen LogP contribution in [0.4, 0.5) is 11.4 Å². The maximum absolute atomic E-state index is 11.9. The van der Waals surface area contributed by atoms with Gasteiger partial charge in [-0.1, -0.05) is 12.1 Å². The van der Waals surface area contributed by atoms with Crippen LogP contribution in [0.5, 0.6) is 0 Å². The number of carbonyl (C=O) groups is 3. The van der Waals surface area contributed by atoms with E-state index < -0.39 is 11.8 Å². The number of amides is 2. The minimum Gasteiger partial charge on any atom is -0.318 e. The van der Waals surface area contributed by atoms with E-state index >= 15 is 0 Å². The number of Topliss-reactive ketones (excluding diaryl/α,β-unsaturated/α-hetero) is 1. The summed E-state index contributed by atoms with van der Waals surface area (Å²) in [5, 5.41) is 15.4. The number of benzene rings is 2. The van der Waals surface area contributed by atoms with E-state index in [1.165, 1.54) is 13.0 Å². The van der Waals surface area contributed by atoms with Crippen LogP contribution in [0.25, 0.3) is 0 Å². The first-order chi connectivity index (χ1) is 11.5. The molecule has 0 saturated heterocycles. The summed E-state index contributed by atoms with van der Waals surface area (Å²) >= 11 is 1.00. The molecule has 0 radical (unpaired) electrons. The van der Waals surface area contributed by atoms with Crippen LogP contribution in [0.15, 0.2) is 53.4 Å². The van der Waals surface area contributed by atoms with Crippen LogP contribution in [-0.2, 0) is 9.59 Å². The van der Waals surface area contributed by atoms with Crippen molar-refractivity contribution in [1.29, 1.82) is 5.26 Å². The molecule has 2 N–H and O–H groups in total. The number of ketones is 1. The highest BCUT2D eigenvalue weighted by molar-refractivity contribution is 8.03. The summed E-state index contributed by atoms with van der Waals surface area (Å²) in [7, 11) is 0. The van der Waals surface area contributed by atoms with Crippen LogP contribution in [0.1, 0.15) is 17.3 Å². The van der Waals surface area contributed by atoms with Gasteiger partial charge in [0, 0.05) is 21.8 Å². The fraction of sp³-hybridized carbons (Fsp3) is 0.0588. The molecule has 0 saturated carbocycles. The highest BCUT2D eigenvalue weighted by atomic mass is 32.2. The number of nitrogens with one attached hydrogen (secondary N) is 2. The van der Waals surface area contributed by atoms with Gasteiger partial charge in [-0.2, -0.15) is 5.26 Å². The number of rotatable bonds is 4. The van der Waals surface area contributed by atoms with E-state index in [1.54, 1.807) is 42.5 Å². The Morgan fingerprint density at radius 3 is 2.17 bits per heavy atom. The second kappa shape index (κ2) is 7.94. The van der Waals surface area contributed by atoms with Crippen molar-refractivity contribution in [2.45, 2.75) is 11.8 Å². The smallest absolute Gasteiger partial charge is 0.314 e. The maximum Gasteiger partial charge on any atom is 0.314 e. The Morgan fingerprint density at radius 2 is 1.58 bits per heavy atom. The molecule has 7 heteroatoms. The summed E-state index contributed by atoms with van der Waals surface area (Å²) in [4.78, 5) is 35.9. The molecule has 0 aliphatic rings. The van der Waals surface area contributed by atoms with E-state index in [1.807, 2.05) is 5.40 Å². The largest absolute Gasteiger partial charge is 0.318 e. The molecule has 0 atom stereocenters. The molecule has 2 aromatic rings. The molecule has 0 bridgehead atoms. The van der Waals surface area contributed by atoms with Gasteiger partial charge in [-0.3, -0.25) is 14.4 Å². The van der Waals surface area contributed by atoms with Crippen molar-refractivity contribution in [2.24, 2.45) is 0 Å². The summed E-state index contributed by atoms with van der Waals surface area (Å²) in [6.07, 6.45) is 0. The first-order valence-electron chi connectivity index (χ1n) is 6.89. The fourth-order valence-corrected chi connectivity index (χ4v) is 2.23. The van der Waals surface area contributed by atoms with Crippen LogP contribution in [0.2, 0.25) is 0 Å².